The van der Waals surface area contributed by atoms with Gasteiger partial charge in [-0.3, -0.25) is 4.79 Å². The molecule has 12 heavy (non-hydrogen) atoms. The molecule has 2 N–H and O–H groups in total. The molecule has 0 radical (unpaired) electrons. The third-order valence-electron chi connectivity index (χ3n) is 3.31. The minimum Gasteiger partial charge on any atom is -0.481 e. The van der Waals surface area contributed by atoms with Crippen molar-refractivity contribution >= 4 is 5.97 Å². The summed E-state index contributed by atoms with van der Waals surface area (Å²) >= 11 is 0. The second-order valence-corrected chi connectivity index (χ2v) is 4.23. The monoisotopic (exact) mass is 172 g/mol. The lowest BCUT2D eigenvalue weighted by Gasteiger charge is -2.51. The van der Waals surface area contributed by atoms with Gasteiger partial charge in [-0.1, -0.05) is 13.8 Å². The first-order valence-electron chi connectivity index (χ1n) is 4.31. The standard InChI is InChI=1S/C9H16O3/c1-9(2)6(4-8(11)12)3-7(9)5-10/h6-7,10H,3-5H2,1-2H3,(H,11,12)/t6-,7+/m1/s1. The molecule has 0 aromatic rings. The van der Waals surface area contributed by atoms with Crippen molar-refractivity contribution in [2.75, 3.05) is 6.61 Å². The summed E-state index contributed by atoms with van der Waals surface area (Å²) in [5.74, 6) is -0.196. The van der Waals surface area contributed by atoms with E-state index in [0.717, 1.165) is 6.42 Å². The summed E-state index contributed by atoms with van der Waals surface area (Å²) in [5.41, 5.74) is 0.00708. The minimum absolute atomic E-state index is 0.00708. The van der Waals surface area contributed by atoms with Crippen molar-refractivity contribution in [3.05, 3.63) is 0 Å². The van der Waals surface area contributed by atoms with E-state index >= 15 is 0 Å². The number of hydrogen-bond acceptors (Lipinski definition) is 2. The largest absolute Gasteiger partial charge is 0.481 e. The van der Waals surface area contributed by atoms with Gasteiger partial charge in [0.25, 0.3) is 0 Å². The Morgan fingerprint density at radius 1 is 1.50 bits per heavy atom. The van der Waals surface area contributed by atoms with Crippen LogP contribution in [0.4, 0.5) is 0 Å². The van der Waals surface area contributed by atoms with Gasteiger partial charge in [0.05, 0.1) is 0 Å². The Kier molecular flexibility index (Phi) is 2.42. The zero-order chi connectivity index (χ0) is 9.35. The molecular weight excluding hydrogens is 156 g/mol. The zero-order valence-corrected chi connectivity index (χ0v) is 7.58. The quantitative estimate of drug-likeness (QED) is 0.670. The second-order valence-electron chi connectivity index (χ2n) is 4.23. The van der Waals surface area contributed by atoms with Gasteiger partial charge in [-0.25, -0.2) is 0 Å². The van der Waals surface area contributed by atoms with Crippen molar-refractivity contribution in [3.8, 4) is 0 Å². The molecule has 1 aliphatic rings. The SMILES string of the molecule is CC1(C)[C@H](CO)C[C@@H]1CC(=O)O. The van der Waals surface area contributed by atoms with Gasteiger partial charge < -0.3 is 10.2 Å². The third kappa shape index (κ3) is 1.46. The van der Waals surface area contributed by atoms with E-state index < -0.39 is 5.97 Å². The topological polar surface area (TPSA) is 57.5 Å². The number of aliphatic hydroxyl groups excluding tert-OH is 1. The molecule has 1 aliphatic carbocycles. The first-order valence-corrected chi connectivity index (χ1v) is 4.31. The Hall–Kier alpha value is -0.570. The highest BCUT2D eigenvalue weighted by molar-refractivity contribution is 5.67. The van der Waals surface area contributed by atoms with Crippen molar-refractivity contribution in [3.63, 3.8) is 0 Å². The lowest BCUT2D eigenvalue weighted by atomic mass is 9.54. The Balaban J connectivity index is 2.47. The van der Waals surface area contributed by atoms with E-state index in [1.807, 2.05) is 13.8 Å². The molecule has 0 unspecified atom stereocenters. The number of carbonyl (C=O) groups is 1. The first kappa shape index (κ1) is 9.52. The van der Waals surface area contributed by atoms with Crippen LogP contribution in [0.5, 0.6) is 0 Å². The zero-order valence-electron chi connectivity index (χ0n) is 7.58. The molecule has 1 saturated carbocycles. The Bertz CT molecular complexity index is 186. The van der Waals surface area contributed by atoms with E-state index in [1.54, 1.807) is 0 Å². The molecule has 3 heteroatoms. The highest BCUT2D eigenvalue weighted by atomic mass is 16.4. The summed E-state index contributed by atoms with van der Waals surface area (Å²) in [7, 11) is 0. The lowest BCUT2D eigenvalue weighted by molar-refractivity contribution is -0.144. The van der Waals surface area contributed by atoms with Gasteiger partial charge in [0.1, 0.15) is 0 Å². The molecule has 0 spiro atoms. The summed E-state index contributed by atoms with van der Waals surface area (Å²) in [6, 6.07) is 0. The van der Waals surface area contributed by atoms with E-state index in [-0.39, 0.29) is 24.4 Å². The predicted octanol–water partition coefficient (Wildman–Crippen LogP) is 1.12. The molecule has 0 heterocycles. The molecular formula is C9H16O3. The average Bonchev–Trinajstić information content (AvgIpc) is 1.96. The van der Waals surface area contributed by atoms with Gasteiger partial charge in [0, 0.05) is 13.0 Å². The molecule has 0 aromatic heterocycles. The van der Waals surface area contributed by atoms with E-state index in [0.29, 0.717) is 5.92 Å². The number of hydrogen-bond donors (Lipinski definition) is 2. The van der Waals surface area contributed by atoms with E-state index in [9.17, 15) is 4.79 Å². The van der Waals surface area contributed by atoms with Gasteiger partial charge in [-0.2, -0.15) is 0 Å². The third-order valence-corrected chi connectivity index (χ3v) is 3.31. The van der Waals surface area contributed by atoms with Crippen molar-refractivity contribution in [2.24, 2.45) is 17.3 Å². The van der Waals surface area contributed by atoms with Crippen LogP contribution in [-0.2, 0) is 4.79 Å². The van der Waals surface area contributed by atoms with Crippen molar-refractivity contribution in [2.45, 2.75) is 26.7 Å². The molecule has 3 nitrogen and oxygen atoms in total. The molecule has 0 bridgehead atoms. The van der Waals surface area contributed by atoms with Gasteiger partial charge >= 0.3 is 5.97 Å². The number of rotatable bonds is 3. The maximum Gasteiger partial charge on any atom is 0.303 e. The summed E-state index contributed by atoms with van der Waals surface area (Å²) in [6.45, 7) is 4.25. The number of aliphatic hydroxyl groups is 1. The van der Waals surface area contributed by atoms with Crippen molar-refractivity contribution in [1.29, 1.82) is 0 Å². The van der Waals surface area contributed by atoms with Gasteiger partial charge in [0.15, 0.2) is 0 Å². The molecule has 70 valence electrons. The van der Waals surface area contributed by atoms with Crippen LogP contribution in [0.3, 0.4) is 0 Å². The van der Waals surface area contributed by atoms with Crippen LogP contribution < -0.4 is 0 Å². The summed E-state index contributed by atoms with van der Waals surface area (Å²) < 4.78 is 0. The maximum atomic E-state index is 10.4. The molecule has 0 aromatic carbocycles. The minimum atomic E-state index is -0.732. The average molecular weight is 172 g/mol. The van der Waals surface area contributed by atoms with Gasteiger partial charge in [0.2, 0.25) is 0 Å². The van der Waals surface area contributed by atoms with Crippen LogP contribution >= 0.6 is 0 Å². The van der Waals surface area contributed by atoms with Crippen LogP contribution in [0, 0.1) is 17.3 Å². The first-order chi connectivity index (χ1) is 5.48. The Labute approximate surface area is 72.4 Å². The fraction of sp³-hybridized carbons (Fsp3) is 0.889. The summed E-state index contributed by atoms with van der Waals surface area (Å²) in [4.78, 5) is 10.4. The molecule has 2 atom stereocenters. The van der Waals surface area contributed by atoms with Crippen LogP contribution in [-0.4, -0.2) is 22.8 Å². The predicted molar refractivity (Wildman–Crippen MR) is 44.7 cm³/mol. The van der Waals surface area contributed by atoms with E-state index in [2.05, 4.69) is 0 Å². The maximum absolute atomic E-state index is 10.4. The van der Waals surface area contributed by atoms with Crippen LogP contribution in [0.15, 0.2) is 0 Å². The number of carboxylic acid groups (broad SMARTS) is 1. The summed E-state index contributed by atoms with van der Waals surface area (Å²) in [6.07, 6.45) is 1.10. The van der Waals surface area contributed by atoms with Gasteiger partial charge in [-0.15, -0.1) is 0 Å². The number of carboxylic acids is 1. The molecule has 0 aliphatic heterocycles. The fourth-order valence-corrected chi connectivity index (χ4v) is 1.99. The van der Waals surface area contributed by atoms with Crippen LogP contribution in [0.1, 0.15) is 26.7 Å². The van der Waals surface area contributed by atoms with E-state index in [4.69, 9.17) is 10.2 Å². The molecule has 1 rings (SSSR count). The van der Waals surface area contributed by atoms with Crippen molar-refractivity contribution < 1.29 is 15.0 Å². The lowest BCUT2D eigenvalue weighted by Crippen LogP contribution is -2.47. The Morgan fingerprint density at radius 3 is 2.42 bits per heavy atom. The highest BCUT2D eigenvalue weighted by Gasteiger charge is 2.47. The molecule has 0 amide bonds. The molecule has 1 fully saturated rings. The second kappa shape index (κ2) is 3.05. The highest BCUT2D eigenvalue weighted by Crippen LogP contribution is 2.52. The van der Waals surface area contributed by atoms with Gasteiger partial charge in [-0.05, 0) is 23.7 Å². The smallest absolute Gasteiger partial charge is 0.303 e. The fourth-order valence-electron chi connectivity index (χ4n) is 1.99. The normalized spacial score (nSPS) is 32.6. The van der Waals surface area contributed by atoms with Crippen LogP contribution in [0.25, 0.3) is 0 Å². The van der Waals surface area contributed by atoms with Crippen LogP contribution in [0.2, 0.25) is 0 Å². The molecule has 0 saturated heterocycles. The Morgan fingerprint density at radius 2 is 2.08 bits per heavy atom. The van der Waals surface area contributed by atoms with Crippen molar-refractivity contribution in [1.82, 2.24) is 0 Å². The number of aliphatic carboxylic acids is 1. The van der Waals surface area contributed by atoms with E-state index in [1.165, 1.54) is 0 Å². The summed E-state index contributed by atoms with van der Waals surface area (Å²) in [5, 5.41) is 17.5.